The van der Waals surface area contributed by atoms with Crippen LogP contribution in [0.25, 0.3) is 0 Å². The first-order valence-electron chi connectivity index (χ1n) is 4.30. The van der Waals surface area contributed by atoms with E-state index in [9.17, 15) is 9.59 Å². The number of aliphatic carboxylic acids is 1. The van der Waals surface area contributed by atoms with Crippen LogP contribution in [0.5, 0.6) is 0 Å². The molecule has 1 rings (SSSR count). The van der Waals surface area contributed by atoms with Crippen LogP contribution in [0.3, 0.4) is 0 Å². The molecule has 0 atom stereocenters. The van der Waals surface area contributed by atoms with Crippen LogP contribution in [0.15, 0.2) is 0 Å². The van der Waals surface area contributed by atoms with Gasteiger partial charge in [0.2, 0.25) is 0 Å². The first-order chi connectivity index (χ1) is 6.08. The van der Waals surface area contributed by atoms with E-state index in [-0.39, 0.29) is 12.5 Å². The summed E-state index contributed by atoms with van der Waals surface area (Å²) in [6.45, 7) is 0. The van der Waals surface area contributed by atoms with Gasteiger partial charge in [-0.05, 0) is 19.3 Å². The molecular weight excluding hydrogens is 172 g/mol. The Hall–Kier alpha value is -1.26. The van der Waals surface area contributed by atoms with Gasteiger partial charge >= 0.3 is 12.0 Å². The van der Waals surface area contributed by atoms with Crippen LogP contribution in [0.2, 0.25) is 0 Å². The lowest BCUT2D eigenvalue weighted by Crippen LogP contribution is -2.56. The second-order valence-corrected chi connectivity index (χ2v) is 3.41. The van der Waals surface area contributed by atoms with Gasteiger partial charge in [-0.15, -0.1) is 0 Å². The van der Waals surface area contributed by atoms with Crippen LogP contribution >= 0.6 is 0 Å². The molecule has 5 heteroatoms. The van der Waals surface area contributed by atoms with Crippen molar-refractivity contribution in [1.29, 1.82) is 0 Å². The highest BCUT2D eigenvalue weighted by atomic mass is 16.4. The van der Waals surface area contributed by atoms with E-state index in [0.717, 1.165) is 19.3 Å². The molecule has 0 aromatic rings. The van der Waals surface area contributed by atoms with Gasteiger partial charge in [0, 0.05) is 7.05 Å². The van der Waals surface area contributed by atoms with Crippen molar-refractivity contribution >= 4 is 12.0 Å². The minimum Gasteiger partial charge on any atom is -0.481 e. The number of amides is 2. The summed E-state index contributed by atoms with van der Waals surface area (Å²) in [7, 11) is 1.52. The van der Waals surface area contributed by atoms with Crippen molar-refractivity contribution in [2.75, 3.05) is 7.05 Å². The van der Waals surface area contributed by atoms with Gasteiger partial charge in [0.25, 0.3) is 0 Å². The molecule has 74 valence electrons. The number of urea groups is 1. The predicted molar refractivity (Wildman–Crippen MR) is 46.4 cm³/mol. The van der Waals surface area contributed by atoms with E-state index in [2.05, 4.69) is 10.6 Å². The molecule has 0 aromatic carbocycles. The Kier molecular flexibility index (Phi) is 2.75. The molecule has 0 spiro atoms. The maximum atomic E-state index is 11.0. The molecule has 0 saturated heterocycles. The first kappa shape index (κ1) is 9.83. The summed E-state index contributed by atoms with van der Waals surface area (Å²) in [6, 6.07) is -0.305. The lowest BCUT2D eigenvalue weighted by molar-refractivity contribution is -0.139. The zero-order valence-corrected chi connectivity index (χ0v) is 7.59. The quantitative estimate of drug-likeness (QED) is 0.593. The van der Waals surface area contributed by atoms with Crippen molar-refractivity contribution in [1.82, 2.24) is 10.6 Å². The van der Waals surface area contributed by atoms with Gasteiger partial charge in [-0.3, -0.25) is 4.79 Å². The Labute approximate surface area is 76.5 Å². The molecule has 0 heterocycles. The number of carbonyl (C=O) groups is 2. The Balaban J connectivity index is 2.49. The third-order valence-electron chi connectivity index (χ3n) is 2.41. The van der Waals surface area contributed by atoms with E-state index in [4.69, 9.17) is 5.11 Å². The van der Waals surface area contributed by atoms with Crippen molar-refractivity contribution in [3.05, 3.63) is 0 Å². The van der Waals surface area contributed by atoms with Crippen molar-refractivity contribution in [3.8, 4) is 0 Å². The molecule has 1 aliphatic rings. The highest BCUT2D eigenvalue weighted by molar-refractivity contribution is 5.76. The Morgan fingerprint density at radius 3 is 2.38 bits per heavy atom. The molecule has 3 N–H and O–H groups in total. The van der Waals surface area contributed by atoms with E-state index < -0.39 is 11.5 Å². The predicted octanol–water partition coefficient (Wildman–Crippen LogP) is 0.313. The zero-order chi connectivity index (χ0) is 9.90. The minimum absolute atomic E-state index is 0.0143. The van der Waals surface area contributed by atoms with Crippen molar-refractivity contribution in [2.24, 2.45) is 0 Å². The Bertz CT molecular complexity index is 223. The van der Waals surface area contributed by atoms with Crippen molar-refractivity contribution < 1.29 is 14.7 Å². The average molecular weight is 186 g/mol. The van der Waals surface area contributed by atoms with E-state index in [0.29, 0.717) is 0 Å². The van der Waals surface area contributed by atoms with Gasteiger partial charge in [-0.2, -0.15) is 0 Å². The summed E-state index contributed by atoms with van der Waals surface area (Å²) in [5.74, 6) is -0.865. The summed E-state index contributed by atoms with van der Waals surface area (Å²) < 4.78 is 0. The third-order valence-corrected chi connectivity index (χ3v) is 2.41. The van der Waals surface area contributed by atoms with E-state index in [1.165, 1.54) is 7.05 Å². The minimum atomic E-state index is -0.865. The number of carboxylic acids is 1. The summed E-state index contributed by atoms with van der Waals surface area (Å²) in [5, 5.41) is 13.7. The fourth-order valence-electron chi connectivity index (χ4n) is 1.54. The van der Waals surface area contributed by atoms with E-state index in [1.54, 1.807) is 0 Å². The van der Waals surface area contributed by atoms with Crippen LogP contribution < -0.4 is 10.6 Å². The molecule has 1 saturated carbocycles. The highest BCUT2D eigenvalue weighted by Crippen LogP contribution is 2.34. The fourth-order valence-corrected chi connectivity index (χ4v) is 1.54. The molecule has 0 unspecified atom stereocenters. The number of hydrogen-bond acceptors (Lipinski definition) is 2. The molecular formula is C8H14N2O3. The van der Waals surface area contributed by atoms with Gasteiger partial charge in [0.1, 0.15) is 0 Å². The Morgan fingerprint density at radius 1 is 1.46 bits per heavy atom. The molecule has 1 aliphatic carbocycles. The summed E-state index contributed by atoms with van der Waals surface area (Å²) in [6.07, 6.45) is 2.51. The summed E-state index contributed by atoms with van der Waals surface area (Å²) in [4.78, 5) is 21.5. The summed E-state index contributed by atoms with van der Waals surface area (Å²) >= 11 is 0. The number of carboxylic acid groups (broad SMARTS) is 1. The summed E-state index contributed by atoms with van der Waals surface area (Å²) in [5.41, 5.74) is -0.494. The molecule has 0 radical (unpaired) electrons. The zero-order valence-electron chi connectivity index (χ0n) is 7.59. The second-order valence-electron chi connectivity index (χ2n) is 3.41. The largest absolute Gasteiger partial charge is 0.481 e. The van der Waals surface area contributed by atoms with Crippen LogP contribution in [0.1, 0.15) is 25.7 Å². The number of nitrogens with one attached hydrogen (secondary N) is 2. The normalized spacial score (nSPS) is 18.5. The number of rotatable bonds is 3. The van der Waals surface area contributed by atoms with Crippen LogP contribution in [-0.4, -0.2) is 29.7 Å². The van der Waals surface area contributed by atoms with E-state index >= 15 is 0 Å². The molecule has 0 aromatic heterocycles. The molecule has 0 bridgehead atoms. The van der Waals surface area contributed by atoms with Crippen molar-refractivity contribution in [3.63, 3.8) is 0 Å². The molecule has 1 fully saturated rings. The van der Waals surface area contributed by atoms with Gasteiger partial charge < -0.3 is 15.7 Å². The first-order valence-corrected chi connectivity index (χ1v) is 4.30. The third kappa shape index (κ3) is 2.34. The molecule has 2 amide bonds. The monoisotopic (exact) mass is 186 g/mol. The highest BCUT2D eigenvalue weighted by Gasteiger charge is 2.40. The standard InChI is InChI=1S/C8H14N2O3/c1-9-7(13)10-8(3-2-4-8)5-6(11)12/h2-5H2,1H3,(H,11,12)(H2,9,10,13). The molecule has 13 heavy (non-hydrogen) atoms. The van der Waals surface area contributed by atoms with Crippen LogP contribution in [0, 0.1) is 0 Å². The van der Waals surface area contributed by atoms with Gasteiger partial charge in [0.15, 0.2) is 0 Å². The lowest BCUT2D eigenvalue weighted by atomic mass is 9.74. The Morgan fingerprint density at radius 2 is 2.08 bits per heavy atom. The SMILES string of the molecule is CNC(=O)NC1(CC(=O)O)CCC1. The van der Waals surface area contributed by atoms with Gasteiger partial charge in [0.05, 0.1) is 12.0 Å². The fraction of sp³-hybridized carbons (Fsp3) is 0.750. The molecule has 5 nitrogen and oxygen atoms in total. The van der Waals surface area contributed by atoms with Crippen molar-refractivity contribution in [2.45, 2.75) is 31.2 Å². The average Bonchev–Trinajstić information content (AvgIpc) is 1.99. The van der Waals surface area contributed by atoms with E-state index in [1.807, 2.05) is 0 Å². The van der Waals surface area contributed by atoms with Crippen LogP contribution in [-0.2, 0) is 4.79 Å². The van der Waals surface area contributed by atoms with Gasteiger partial charge in [-0.25, -0.2) is 4.79 Å². The van der Waals surface area contributed by atoms with Gasteiger partial charge in [-0.1, -0.05) is 0 Å². The number of carbonyl (C=O) groups excluding carboxylic acids is 1. The topological polar surface area (TPSA) is 78.4 Å². The smallest absolute Gasteiger partial charge is 0.314 e. The maximum absolute atomic E-state index is 11.0. The molecule has 0 aliphatic heterocycles. The lowest BCUT2D eigenvalue weighted by Gasteiger charge is -2.41. The second kappa shape index (κ2) is 3.64. The maximum Gasteiger partial charge on any atom is 0.314 e. The van der Waals surface area contributed by atoms with Crippen LogP contribution in [0.4, 0.5) is 4.79 Å². The number of hydrogen-bond donors (Lipinski definition) is 3.